The van der Waals surface area contributed by atoms with Gasteiger partial charge in [-0.3, -0.25) is 24.6 Å². The minimum atomic E-state index is -1.42. The molecule has 4 amide bonds. The molecule has 6 aliphatic rings. The highest BCUT2D eigenvalue weighted by Crippen LogP contribution is 2.66. The molecule has 4 aliphatic carbocycles. The van der Waals surface area contributed by atoms with Gasteiger partial charge in [-0.05, 0) is 114 Å². The SMILES string of the molecule is C.C.CC(C)(C)OC(=O)CN1C(=O)OC2(CC3(CC3)c3cc(Br)ccc32)C1=O.CC(C)(C)OC(=O)CN1C(=O)OC2(CC3(CC3)c3cc(N=C(c4ccccc4)c4ccccc4)ccc32)C1=O.N=C(c1ccccc1)c1ccccc1. The maximum atomic E-state index is 13.7. The van der Waals surface area contributed by atoms with E-state index in [9.17, 15) is 28.8 Å². The average Bonchev–Trinajstić information content (AvgIpc) is 3.60. The molecule has 2 saturated heterocycles. The second-order valence-electron chi connectivity index (χ2n) is 23.0. The van der Waals surface area contributed by atoms with Crippen molar-refractivity contribution in [3.63, 3.8) is 0 Å². The van der Waals surface area contributed by atoms with Crippen molar-refractivity contribution in [2.75, 3.05) is 13.1 Å². The van der Waals surface area contributed by atoms with Gasteiger partial charge in [0.05, 0.1) is 17.1 Å². The summed E-state index contributed by atoms with van der Waals surface area (Å²) in [7, 11) is 0. The summed E-state index contributed by atoms with van der Waals surface area (Å²) in [5, 5.41) is 7.97. The number of carbonyl (C=O) groups is 6. The Morgan fingerprint density at radius 1 is 0.531 bits per heavy atom. The van der Waals surface area contributed by atoms with E-state index in [0.29, 0.717) is 24.1 Å². The molecule has 81 heavy (non-hydrogen) atoms. The van der Waals surface area contributed by atoms with Gasteiger partial charge >= 0.3 is 24.1 Å². The zero-order valence-electron chi connectivity index (χ0n) is 45.0. The number of carbonyl (C=O) groups excluding carboxylic acids is 6. The lowest BCUT2D eigenvalue weighted by Crippen LogP contribution is -2.41. The first-order valence-corrected chi connectivity index (χ1v) is 27.2. The quantitative estimate of drug-likeness (QED) is 0.0831. The van der Waals surface area contributed by atoms with Crippen LogP contribution in [0.25, 0.3) is 0 Å². The second kappa shape index (κ2) is 22.5. The molecule has 0 bridgehead atoms. The topological polar surface area (TPSA) is 182 Å². The van der Waals surface area contributed by atoms with Crippen molar-refractivity contribution in [1.82, 2.24) is 9.80 Å². The van der Waals surface area contributed by atoms with Crippen LogP contribution in [-0.2, 0) is 60.2 Å². The Morgan fingerprint density at radius 3 is 1.26 bits per heavy atom. The maximum Gasteiger partial charge on any atom is 0.418 e. The Kier molecular flexibility index (Phi) is 16.4. The van der Waals surface area contributed by atoms with Crippen LogP contribution in [0.15, 0.2) is 167 Å². The molecular weight excluding hydrogens is 1090 g/mol. The van der Waals surface area contributed by atoms with Crippen molar-refractivity contribution < 1.29 is 47.7 Å². The fourth-order valence-corrected chi connectivity index (χ4v) is 11.5. The van der Waals surface area contributed by atoms with Gasteiger partial charge in [-0.1, -0.05) is 164 Å². The van der Waals surface area contributed by atoms with Crippen LogP contribution in [0.4, 0.5) is 15.3 Å². The average molecular weight is 1160 g/mol. The number of imide groups is 2. The van der Waals surface area contributed by atoms with E-state index >= 15 is 0 Å². The Morgan fingerprint density at radius 2 is 0.889 bits per heavy atom. The van der Waals surface area contributed by atoms with Crippen LogP contribution < -0.4 is 0 Å². The molecule has 15 heteroatoms. The van der Waals surface area contributed by atoms with Crippen LogP contribution in [0.3, 0.4) is 0 Å². The first-order valence-electron chi connectivity index (χ1n) is 26.4. The van der Waals surface area contributed by atoms with Gasteiger partial charge in [-0.2, -0.15) is 0 Å². The number of hydrogen-bond acceptors (Lipinski definition) is 12. The van der Waals surface area contributed by atoms with E-state index < -0.39 is 71.4 Å². The number of aliphatic imine (C=N–C) groups is 1. The van der Waals surface area contributed by atoms with Gasteiger partial charge < -0.3 is 18.9 Å². The summed E-state index contributed by atoms with van der Waals surface area (Å²) in [5.41, 5.74) is 5.09. The lowest BCUT2D eigenvalue weighted by atomic mass is 9.94. The first-order chi connectivity index (χ1) is 37.5. The molecular formula is C66H69BrN4O10. The van der Waals surface area contributed by atoms with Crippen LogP contribution in [0.2, 0.25) is 0 Å². The van der Waals surface area contributed by atoms with Crippen LogP contribution in [0.1, 0.15) is 139 Å². The zero-order chi connectivity index (χ0) is 56.1. The lowest BCUT2D eigenvalue weighted by Gasteiger charge is -2.22. The minimum Gasteiger partial charge on any atom is -0.459 e. The highest BCUT2D eigenvalue weighted by molar-refractivity contribution is 9.10. The molecule has 4 spiro atoms. The smallest absolute Gasteiger partial charge is 0.418 e. The standard InChI is InChI=1S/C32H30N2O5.C19H20BrNO5.C13H11N.2CH4/c1-30(2,3)38-26(35)19-34-28(36)32(39-29(34)37)20-31(16-17-31)25-18-23(14-15-24(25)32)33-27(21-10-6-4-7-11-21)22-12-8-5-9-13-22;1-17(2,3)25-14(22)9-21-15(23)19(26-16(21)24)10-18(6-7-18)13-8-11(20)4-5-12(13)19;14-13(11-7-3-1-4-8-11)12-9-5-2-6-10-12;;/h4-15,18H,16-17,19-20H2,1-3H3;4-5,8H,6-7,9-10H2,1-3H3;1-10,14H;2*1H4. The number of halogens is 1. The molecule has 12 rings (SSSR count). The molecule has 6 aromatic rings. The van der Waals surface area contributed by atoms with Gasteiger partial charge in [0, 0.05) is 50.4 Å². The molecule has 14 nitrogen and oxygen atoms in total. The van der Waals surface area contributed by atoms with Gasteiger partial charge in [-0.25, -0.2) is 24.4 Å². The highest BCUT2D eigenvalue weighted by Gasteiger charge is 2.69. The summed E-state index contributed by atoms with van der Waals surface area (Å²) in [6.45, 7) is 9.51. The van der Waals surface area contributed by atoms with Crippen molar-refractivity contribution >= 4 is 69.0 Å². The number of hydrogen-bond donors (Lipinski definition) is 1. The summed E-state index contributed by atoms with van der Waals surface area (Å²) in [6.07, 6.45) is 2.96. The summed E-state index contributed by atoms with van der Waals surface area (Å²) < 4.78 is 23.0. The molecule has 4 fully saturated rings. The number of nitrogens with zero attached hydrogens (tertiary/aromatic N) is 3. The van der Waals surface area contributed by atoms with Gasteiger partial charge in [-0.15, -0.1) is 0 Å². The van der Waals surface area contributed by atoms with Crippen LogP contribution in [0.5, 0.6) is 0 Å². The van der Waals surface area contributed by atoms with E-state index in [1.807, 2.05) is 158 Å². The molecule has 2 heterocycles. The molecule has 0 radical (unpaired) electrons. The van der Waals surface area contributed by atoms with Gasteiger partial charge in [0.25, 0.3) is 11.8 Å². The van der Waals surface area contributed by atoms with Crippen LogP contribution >= 0.6 is 15.9 Å². The summed E-state index contributed by atoms with van der Waals surface area (Å²) >= 11 is 3.48. The fraction of sp³-hybridized carbons (Fsp3) is 0.333. The lowest BCUT2D eigenvalue weighted by molar-refractivity contribution is -0.158. The molecule has 1 N–H and O–H groups in total. The predicted molar refractivity (Wildman–Crippen MR) is 314 cm³/mol. The molecule has 2 atom stereocenters. The van der Waals surface area contributed by atoms with Crippen molar-refractivity contribution in [1.29, 1.82) is 5.41 Å². The molecule has 0 aromatic heterocycles. The van der Waals surface area contributed by atoms with Crippen molar-refractivity contribution in [2.24, 2.45) is 4.99 Å². The molecule has 2 unspecified atom stereocenters. The number of fused-ring (bicyclic) bond motifs is 6. The number of esters is 2. The Balaban J connectivity index is 0.000000176. The number of amides is 4. The summed E-state index contributed by atoms with van der Waals surface area (Å²) in [5.74, 6) is -2.26. The molecule has 6 aromatic carbocycles. The predicted octanol–water partition coefficient (Wildman–Crippen LogP) is 13.6. The number of ether oxygens (including phenoxy) is 4. The number of nitrogens with one attached hydrogen (secondary N) is 1. The molecule has 2 aliphatic heterocycles. The van der Waals surface area contributed by atoms with E-state index in [-0.39, 0.29) is 25.7 Å². The minimum absolute atomic E-state index is 0. The first kappa shape index (κ1) is 59.1. The third-order valence-corrected chi connectivity index (χ3v) is 15.4. The van der Waals surface area contributed by atoms with Crippen molar-refractivity contribution in [2.45, 2.75) is 128 Å². The third kappa shape index (κ3) is 11.9. The Bertz CT molecular complexity index is 3360. The maximum absolute atomic E-state index is 13.7. The normalized spacial score (nSPS) is 19.8. The summed E-state index contributed by atoms with van der Waals surface area (Å²) in [6, 6.07) is 51.0. The van der Waals surface area contributed by atoms with E-state index in [1.165, 1.54) is 0 Å². The van der Waals surface area contributed by atoms with E-state index in [1.54, 1.807) is 41.5 Å². The van der Waals surface area contributed by atoms with Gasteiger partial charge in [0.15, 0.2) is 0 Å². The Labute approximate surface area is 482 Å². The van der Waals surface area contributed by atoms with Crippen molar-refractivity contribution in [3.05, 3.63) is 207 Å². The summed E-state index contributed by atoms with van der Waals surface area (Å²) in [4.78, 5) is 83.5. The van der Waals surface area contributed by atoms with E-state index in [2.05, 4.69) is 15.9 Å². The highest BCUT2D eigenvalue weighted by atomic mass is 79.9. The largest absolute Gasteiger partial charge is 0.459 e. The van der Waals surface area contributed by atoms with Gasteiger partial charge in [0.2, 0.25) is 11.2 Å². The van der Waals surface area contributed by atoms with E-state index in [4.69, 9.17) is 29.3 Å². The van der Waals surface area contributed by atoms with Crippen molar-refractivity contribution in [3.8, 4) is 0 Å². The Hall–Kier alpha value is -8.04. The van der Waals surface area contributed by atoms with Gasteiger partial charge in [0.1, 0.15) is 24.3 Å². The molecule has 420 valence electrons. The number of benzene rings is 6. The number of rotatable bonds is 9. The fourth-order valence-electron chi connectivity index (χ4n) is 11.2. The van der Waals surface area contributed by atoms with Crippen LogP contribution in [-0.4, -0.2) is 81.5 Å². The van der Waals surface area contributed by atoms with E-state index in [0.717, 1.165) is 90.3 Å². The third-order valence-electron chi connectivity index (χ3n) is 14.9. The zero-order valence-corrected chi connectivity index (χ0v) is 46.6. The second-order valence-corrected chi connectivity index (χ2v) is 23.9. The monoisotopic (exact) mass is 1160 g/mol. The van der Waals surface area contributed by atoms with Crippen LogP contribution in [0, 0.1) is 5.41 Å². The molecule has 2 saturated carbocycles.